The number of carbonyl (C=O) groups is 5. The molecular weight excluding hydrogens is 594 g/mol. The number of urea groups is 1. The van der Waals surface area contributed by atoms with E-state index in [-0.39, 0.29) is 6.61 Å². The molecule has 1 aliphatic heterocycles. The van der Waals surface area contributed by atoms with E-state index in [1.807, 2.05) is 66.7 Å². The Balaban J connectivity index is 1.01. The first kappa shape index (κ1) is 31.5. The number of carboxylic acid groups (broad SMARTS) is 1. The number of benzene rings is 3. The Labute approximate surface area is 263 Å². The van der Waals surface area contributed by atoms with Gasteiger partial charge >= 0.3 is 18.1 Å². The van der Waals surface area contributed by atoms with Crippen LogP contribution in [-0.2, 0) is 25.7 Å². The molecule has 0 bridgehead atoms. The third kappa shape index (κ3) is 8.16. The molecule has 46 heavy (non-hydrogen) atoms. The van der Waals surface area contributed by atoms with Crippen molar-refractivity contribution in [3.8, 4) is 11.1 Å². The van der Waals surface area contributed by atoms with Gasteiger partial charge in [0, 0.05) is 13.1 Å². The Morgan fingerprint density at radius 3 is 2.41 bits per heavy atom. The number of imide groups is 1. The van der Waals surface area contributed by atoms with Crippen LogP contribution in [-0.4, -0.2) is 81.6 Å². The summed E-state index contributed by atoms with van der Waals surface area (Å²) in [6, 6.07) is 21.7. The number of carboxylic acids is 1. The summed E-state index contributed by atoms with van der Waals surface area (Å²) in [5.74, 6) is -2.14. The Hall–Kier alpha value is -5.92. The van der Waals surface area contributed by atoms with E-state index in [2.05, 4.69) is 31.2 Å². The largest absolute Gasteiger partial charge is 0.480 e. The maximum atomic E-state index is 12.8. The van der Waals surface area contributed by atoms with Crippen LogP contribution in [0.1, 0.15) is 18.4 Å². The minimum absolute atomic E-state index is 0.0943. The van der Waals surface area contributed by atoms with E-state index in [0.29, 0.717) is 30.9 Å². The monoisotopic (exact) mass is 627 g/mol. The number of amides is 5. The van der Waals surface area contributed by atoms with E-state index in [1.54, 1.807) is 12.1 Å². The van der Waals surface area contributed by atoms with Gasteiger partial charge in [0.2, 0.25) is 11.9 Å². The standard InChI is InChI=1S/C32H33N7O7/c40-27(18-39-28(41)25(37-31(39)44)11-6-16-33-30-35-23-9-4-5-10-24(23)36-30)34-17-26(29(42)43)38-32(45)46-19-20-12-14-22(15-13-20)21-7-2-1-3-8-21/h1-5,7-10,12-15,25-26H,6,11,16-19H2,(H,34,40)(H,37,44)(H,38,45)(H,42,43)(H2,33,35,36)/t25-,26-/m0/s1. The van der Waals surface area contributed by atoms with Crippen molar-refractivity contribution in [3.63, 3.8) is 0 Å². The van der Waals surface area contributed by atoms with Gasteiger partial charge < -0.3 is 36.1 Å². The lowest BCUT2D eigenvalue weighted by atomic mass is 10.0. The lowest BCUT2D eigenvalue weighted by Crippen LogP contribution is -2.50. The van der Waals surface area contributed by atoms with Crippen molar-refractivity contribution in [2.24, 2.45) is 0 Å². The number of aromatic amines is 1. The number of aliphatic carboxylic acids is 1. The van der Waals surface area contributed by atoms with E-state index in [9.17, 15) is 29.1 Å². The number of nitrogens with one attached hydrogen (secondary N) is 5. The maximum absolute atomic E-state index is 12.8. The lowest BCUT2D eigenvalue weighted by Gasteiger charge is -2.17. The molecule has 2 atom stereocenters. The molecule has 5 amide bonds. The molecule has 5 rings (SSSR count). The van der Waals surface area contributed by atoms with Crippen molar-refractivity contribution in [1.82, 2.24) is 30.8 Å². The summed E-state index contributed by atoms with van der Waals surface area (Å²) >= 11 is 0. The van der Waals surface area contributed by atoms with E-state index in [1.165, 1.54) is 0 Å². The first-order valence-corrected chi connectivity index (χ1v) is 14.6. The molecule has 1 saturated heterocycles. The Bertz CT molecular complexity index is 1680. The van der Waals surface area contributed by atoms with E-state index < -0.39 is 55.1 Å². The van der Waals surface area contributed by atoms with Crippen LogP contribution in [0.3, 0.4) is 0 Å². The molecule has 238 valence electrons. The highest BCUT2D eigenvalue weighted by molar-refractivity contribution is 6.06. The molecule has 14 nitrogen and oxygen atoms in total. The van der Waals surface area contributed by atoms with Gasteiger partial charge in [-0.15, -0.1) is 0 Å². The van der Waals surface area contributed by atoms with Gasteiger partial charge in [-0.2, -0.15) is 0 Å². The number of nitrogens with zero attached hydrogens (tertiary/aromatic N) is 2. The number of ether oxygens (including phenoxy) is 1. The van der Waals surface area contributed by atoms with Crippen LogP contribution in [0.15, 0.2) is 78.9 Å². The van der Waals surface area contributed by atoms with Gasteiger partial charge in [-0.25, -0.2) is 19.4 Å². The molecule has 6 N–H and O–H groups in total. The number of aromatic nitrogens is 2. The summed E-state index contributed by atoms with van der Waals surface area (Å²) in [7, 11) is 0. The van der Waals surface area contributed by atoms with Crippen LogP contribution in [0.2, 0.25) is 0 Å². The van der Waals surface area contributed by atoms with Crippen LogP contribution in [0, 0.1) is 0 Å². The molecule has 1 aliphatic rings. The number of anilines is 1. The molecule has 2 heterocycles. The van der Waals surface area contributed by atoms with Crippen molar-refractivity contribution in [2.45, 2.75) is 31.5 Å². The second-order valence-electron chi connectivity index (χ2n) is 10.6. The van der Waals surface area contributed by atoms with Crippen LogP contribution in [0.4, 0.5) is 15.5 Å². The molecule has 4 aromatic rings. The number of rotatable bonds is 14. The Morgan fingerprint density at radius 2 is 1.67 bits per heavy atom. The summed E-state index contributed by atoms with van der Waals surface area (Å²) in [4.78, 5) is 69.9. The highest BCUT2D eigenvalue weighted by Gasteiger charge is 2.38. The molecule has 1 aromatic heterocycles. The third-order valence-electron chi connectivity index (χ3n) is 7.28. The molecule has 3 aromatic carbocycles. The molecule has 0 spiro atoms. The third-order valence-corrected chi connectivity index (χ3v) is 7.28. The van der Waals surface area contributed by atoms with Crippen LogP contribution in [0.5, 0.6) is 0 Å². The zero-order valence-electron chi connectivity index (χ0n) is 24.7. The first-order chi connectivity index (χ1) is 22.3. The molecular formula is C32H33N7O7. The Kier molecular flexibility index (Phi) is 10.1. The predicted octanol–water partition coefficient (Wildman–Crippen LogP) is 2.84. The van der Waals surface area contributed by atoms with Crippen molar-refractivity contribution in [3.05, 3.63) is 84.4 Å². The Morgan fingerprint density at radius 1 is 0.957 bits per heavy atom. The summed E-state index contributed by atoms with van der Waals surface area (Å²) in [6.07, 6.45) is -0.116. The van der Waals surface area contributed by atoms with E-state index >= 15 is 0 Å². The van der Waals surface area contributed by atoms with Crippen molar-refractivity contribution in [1.29, 1.82) is 0 Å². The SMILES string of the molecule is O=C(CN1C(=O)N[C@@H](CCCNc2nc3ccccc3[nH]2)C1=O)NC[C@H](NC(=O)OCc1ccc(-c2ccccc2)cc1)C(=O)O. The van der Waals surface area contributed by atoms with E-state index in [4.69, 9.17) is 4.74 Å². The molecule has 1 fully saturated rings. The number of H-pyrrole nitrogens is 1. The quantitative estimate of drug-likeness (QED) is 0.0900. The fraction of sp³-hybridized carbons (Fsp3) is 0.250. The highest BCUT2D eigenvalue weighted by Crippen LogP contribution is 2.19. The minimum atomic E-state index is -1.51. The van der Waals surface area contributed by atoms with Gasteiger partial charge in [-0.05, 0) is 41.7 Å². The molecule has 0 unspecified atom stereocenters. The van der Waals surface area contributed by atoms with Crippen molar-refractivity contribution in [2.75, 3.05) is 25.0 Å². The number of hydrogen-bond donors (Lipinski definition) is 6. The number of carbonyl (C=O) groups excluding carboxylic acids is 4. The number of alkyl carbamates (subject to hydrolysis) is 1. The van der Waals surface area contributed by atoms with Gasteiger partial charge in [0.05, 0.1) is 11.0 Å². The molecule has 0 radical (unpaired) electrons. The number of imidazole rings is 1. The smallest absolute Gasteiger partial charge is 0.408 e. The normalized spacial score (nSPS) is 14.9. The number of para-hydroxylation sites is 2. The zero-order chi connectivity index (χ0) is 32.5. The van der Waals surface area contributed by atoms with Crippen molar-refractivity contribution >= 4 is 46.9 Å². The summed E-state index contributed by atoms with van der Waals surface area (Å²) in [6.45, 7) is -0.695. The van der Waals surface area contributed by atoms with Gasteiger partial charge in [0.25, 0.3) is 5.91 Å². The topological polar surface area (TPSA) is 195 Å². The van der Waals surface area contributed by atoms with Gasteiger partial charge in [-0.1, -0.05) is 66.7 Å². The van der Waals surface area contributed by atoms with Gasteiger partial charge in [0.15, 0.2) is 0 Å². The average molecular weight is 628 g/mol. The zero-order valence-corrected chi connectivity index (χ0v) is 24.7. The first-order valence-electron chi connectivity index (χ1n) is 14.6. The predicted molar refractivity (Wildman–Crippen MR) is 167 cm³/mol. The lowest BCUT2D eigenvalue weighted by molar-refractivity contribution is -0.139. The second-order valence-corrected chi connectivity index (χ2v) is 10.6. The van der Waals surface area contributed by atoms with Crippen molar-refractivity contribution < 1.29 is 33.8 Å². The van der Waals surface area contributed by atoms with Crippen LogP contribution in [0.25, 0.3) is 22.2 Å². The second kappa shape index (κ2) is 14.7. The fourth-order valence-electron chi connectivity index (χ4n) is 4.84. The summed E-state index contributed by atoms with van der Waals surface area (Å²) < 4.78 is 5.15. The van der Waals surface area contributed by atoms with Crippen LogP contribution < -0.4 is 21.3 Å². The maximum Gasteiger partial charge on any atom is 0.408 e. The minimum Gasteiger partial charge on any atom is -0.480 e. The summed E-state index contributed by atoms with van der Waals surface area (Å²) in [5.41, 5.74) is 4.44. The average Bonchev–Trinajstić information content (AvgIpc) is 3.60. The number of fused-ring (bicyclic) bond motifs is 1. The summed E-state index contributed by atoms with van der Waals surface area (Å²) in [5, 5.41) is 19.8. The van der Waals surface area contributed by atoms with Crippen LogP contribution >= 0.6 is 0 Å². The number of hydrogen-bond acceptors (Lipinski definition) is 8. The molecule has 0 saturated carbocycles. The molecule has 14 heteroatoms. The fourth-order valence-corrected chi connectivity index (χ4v) is 4.84. The van der Waals surface area contributed by atoms with Gasteiger partial charge in [0.1, 0.15) is 25.2 Å². The molecule has 0 aliphatic carbocycles. The highest BCUT2D eigenvalue weighted by atomic mass is 16.5. The van der Waals surface area contributed by atoms with E-state index in [0.717, 1.165) is 27.1 Å². The van der Waals surface area contributed by atoms with Gasteiger partial charge in [-0.3, -0.25) is 14.5 Å².